The van der Waals surface area contributed by atoms with Gasteiger partial charge in [0.2, 0.25) is 5.91 Å². The van der Waals surface area contributed by atoms with Gasteiger partial charge in [0, 0.05) is 11.6 Å². The van der Waals surface area contributed by atoms with Crippen molar-refractivity contribution in [3.8, 4) is 0 Å². The Balaban J connectivity index is 1.49. The molecule has 3 aromatic rings. The fraction of sp³-hybridized carbons (Fsp3) is 0.118. The second kappa shape index (κ2) is 8.26. The van der Waals surface area contributed by atoms with Gasteiger partial charge in [-0.05, 0) is 31.2 Å². The molecule has 0 aliphatic rings. The average Bonchev–Trinajstić information content (AvgIpc) is 3.06. The number of thioether (sulfide) groups is 1. The fourth-order valence-electron chi connectivity index (χ4n) is 1.99. The minimum atomic E-state index is -0.261. The number of benzene rings is 1. The van der Waals surface area contributed by atoms with Gasteiger partial charge in [-0.25, -0.2) is 0 Å². The molecule has 3 rings (SSSR count). The molecule has 2 N–H and O–H groups in total. The van der Waals surface area contributed by atoms with Crippen molar-refractivity contribution in [2.75, 3.05) is 16.4 Å². The highest BCUT2D eigenvalue weighted by Crippen LogP contribution is 2.16. The molecule has 9 heteroatoms. The third-order valence-electron chi connectivity index (χ3n) is 3.16. The summed E-state index contributed by atoms with van der Waals surface area (Å²) in [5, 5.41) is 17.5. The number of hydrogen-bond donors (Lipinski definition) is 2. The van der Waals surface area contributed by atoms with Gasteiger partial charge < -0.3 is 15.2 Å². The minimum Gasteiger partial charge on any atom is -0.360 e. The van der Waals surface area contributed by atoms with Crippen molar-refractivity contribution in [3.63, 3.8) is 0 Å². The third-order valence-corrected chi connectivity index (χ3v) is 4.08. The number of nitrogens with one attached hydrogen (secondary N) is 2. The van der Waals surface area contributed by atoms with E-state index in [1.54, 1.807) is 49.4 Å². The van der Waals surface area contributed by atoms with Gasteiger partial charge in [0.15, 0.2) is 11.6 Å². The summed E-state index contributed by atoms with van der Waals surface area (Å²) in [7, 11) is 0. The summed E-state index contributed by atoms with van der Waals surface area (Å²) in [6.07, 6.45) is 0. The zero-order valence-corrected chi connectivity index (χ0v) is 14.6. The number of anilines is 2. The van der Waals surface area contributed by atoms with E-state index in [0.717, 1.165) is 0 Å². The van der Waals surface area contributed by atoms with Gasteiger partial charge in [-0.2, -0.15) is 0 Å². The van der Waals surface area contributed by atoms with Gasteiger partial charge in [-0.1, -0.05) is 35.1 Å². The summed E-state index contributed by atoms with van der Waals surface area (Å²) in [5.74, 6) is 0.987. The molecule has 0 radical (unpaired) electrons. The van der Waals surface area contributed by atoms with E-state index in [0.29, 0.717) is 28.0 Å². The SMILES string of the molecule is Cc1cc(NC(=O)CSc2ccc(NC(=O)c3ccccc3)nn2)no1. The van der Waals surface area contributed by atoms with Crippen LogP contribution in [0.15, 0.2) is 58.1 Å². The molecule has 2 heterocycles. The van der Waals surface area contributed by atoms with E-state index in [-0.39, 0.29) is 17.6 Å². The van der Waals surface area contributed by atoms with Crippen LogP contribution in [0, 0.1) is 6.92 Å². The summed E-state index contributed by atoms with van der Waals surface area (Å²) in [4.78, 5) is 23.9. The van der Waals surface area contributed by atoms with E-state index in [9.17, 15) is 9.59 Å². The summed E-state index contributed by atoms with van der Waals surface area (Å²) in [6, 6.07) is 13.8. The molecule has 26 heavy (non-hydrogen) atoms. The van der Waals surface area contributed by atoms with E-state index >= 15 is 0 Å². The van der Waals surface area contributed by atoms with Crippen LogP contribution < -0.4 is 10.6 Å². The van der Waals surface area contributed by atoms with Crippen molar-refractivity contribution >= 4 is 35.2 Å². The molecule has 2 aromatic heterocycles. The third kappa shape index (κ3) is 4.90. The summed E-state index contributed by atoms with van der Waals surface area (Å²) < 4.78 is 4.88. The Morgan fingerprint density at radius 1 is 1.04 bits per heavy atom. The van der Waals surface area contributed by atoms with E-state index in [4.69, 9.17) is 4.52 Å². The topological polar surface area (TPSA) is 110 Å². The molecule has 8 nitrogen and oxygen atoms in total. The molecular weight excluding hydrogens is 354 g/mol. The van der Waals surface area contributed by atoms with Crippen molar-refractivity contribution in [1.82, 2.24) is 15.4 Å². The van der Waals surface area contributed by atoms with Crippen LogP contribution in [0.1, 0.15) is 16.1 Å². The first-order valence-corrected chi connectivity index (χ1v) is 8.65. The van der Waals surface area contributed by atoms with E-state index < -0.39 is 0 Å². The zero-order chi connectivity index (χ0) is 18.4. The van der Waals surface area contributed by atoms with E-state index in [1.807, 2.05) is 6.07 Å². The zero-order valence-electron chi connectivity index (χ0n) is 13.8. The van der Waals surface area contributed by atoms with Crippen LogP contribution in [0.2, 0.25) is 0 Å². The predicted molar refractivity (Wildman–Crippen MR) is 97.0 cm³/mol. The van der Waals surface area contributed by atoms with Crippen LogP contribution in [0.4, 0.5) is 11.6 Å². The molecule has 0 aliphatic carbocycles. The highest BCUT2D eigenvalue weighted by molar-refractivity contribution is 7.99. The Morgan fingerprint density at radius 2 is 1.85 bits per heavy atom. The number of hydrogen-bond acceptors (Lipinski definition) is 7. The maximum Gasteiger partial charge on any atom is 0.256 e. The molecule has 2 amide bonds. The number of aromatic nitrogens is 3. The molecule has 0 saturated heterocycles. The molecule has 0 bridgehead atoms. The normalized spacial score (nSPS) is 10.3. The van der Waals surface area contributed by atoms with Gasteiger partial charge in [0.1, 0.15) is 10.8 Å². The first kappa shape index (κ1) is 17.6. The lowest BCUT2D eigenvalue weighted by molar-refractivity contribution is -0.113. The molecule has 0 spiro atoms. The molecule has 0 unspecified atom stereocenters. The van der Waals surface area contributed by atoms with E-state index in [2.05, 4.69) is 26.0 Å². The van der Waals surface area contributed by atoms with Gasteiger partial charge in [0.05, 0.1) is 5.75 Å². The molecular formula is C17H15N5O3S. The lowest BCUT2D eigenvalue weighted by Gasteiger charge is -2.05. The smallest absolute Gasteiger partial charge is 0.256 e. The summed E-state index contributed by atoms with van der Waals surface area (Å²) >= 11 is 1.22. The highest BCUT2D eigenvalue weighted by atomic mass is 32.2. The van der Waals surface area contributed by atoms with Crippen LogP contribution >= 0.6 is 11.8 Å². The maximum absolute atomic E-state index is 12.0. The lowest BCUT2D eigenvalue weighted by Crippen LogP contribution is -2.15. The van der Waals surface area contributed by atoms with Crippen LogP contribution in [-0.2, 0) is 4.79 Å². The van der Waals surface area contributed by atoms with E-state index in [1.165, 1.54) is 11.8 Å². The standard InChI is InChI=1S/C17H15N5O3S/c1-11-9-14(22-25-11)18-15(23)10-26-16-8-7-13(20-21-16)19-17(24)12-5-3-2-4-6-12/h2-9H,10H2,1H3,(H,18,22,23)(H,19,20,24). The van der Waals surface area contributed by atoms with Gasteiger partial charge in [-0.15, -0.1) is 10.2 Å². The van der Waals surface area contributed by atoms with Gasteiger partial charge in [-0.3, -0.25) is 9.59 Å². The van der Waals surface area contributed by atoms with Crippen LogP contribution in [0.25, 0.3) is 0 Å². The number of carbonyl (C=O) groups is 2. The second-order valence-electron chi connectivity index (χ2n) is 5.24. The molecule has 132 valence electrons. The second-order valence-corrected chi connectivity index (χ2v) is 6.23. The number of nitrogens with zero attached hydrogens (tertiary/aromatic N) is 3. The molecule has 0 aliphatic heterocycles. The number of carbonyl (C=O) groups excluding carboxylic acids is 2. The van der Waals surface area contributed by atoms with Crippen molar-refractivity contribution in [2.45, 2.75) is 11.9 Å². The molecule has 0 fully saturated rings. The first-order chi connectivity index (χ1) is 12.6. The lowest BCUT2D eigenvalue weighted by atomic mass is 10.2. The molecule has 1 aromatic carbocycles. The Labute approximate surface area is 153 Å². The van der Waals surface area contributed by atoms with Crippen molar-refractivity contribution in [2.24, 2.45) is 0 Å². The minimum absolute atomic E-state index is 0.149. The largest absolute Gasteiger partial charge is 0.360 e. The number of amides is 2. The molecule has 0 saturated carbocycles. The number of rotatable bonds is 6. The Morgan fingerprint density at radius 3 is 2.50 bits per heavy atom. The molecule has 0 atom stereocenters. The Hall–Kier alpha value is -3.20. The highest BCUT2D eigenvalue weighted by Gasteiger charge is 2.09. The van der Waals surface area contributed by atoms with Crippen LogP contribution in [0.3, 0.4) is 0 Å². The van der Waals surface area contributed by atoms with Crippen molar-refractivity contribution < 1.29 is 14.1 Å². The Kier molecular flexibility index (Phi) is 5.59. The quantitative estimate of drug-likeness (QED) is 0.643. The monoisotopic (exact) mass is 369 g/mol. The summed E-state index contributed by atoms with van der Waals surface area (Å²) in [5.41, 5.74) is 0.535. The number of aryl methyl sites for hydroxylation is 1. The predicted octanol–water partition coefficient (Wildman–Crippen LogP) is 2.76. The van der Waals surface area contributed by atoms with Crippen LogP contribution in [0.5, 0.6) is 0 Å². The fourth-order valence-corrected chi connectivity index (χ4v) is 2.60. The van der Waals surface area contributed by atoms with Crippen LogP contribution in [-0.4, -0.2) is 32.9 Å². The van der Waals surface area contributed by atoms with Crippen molar-refractivity contribution in [3.05, 3.63) is 59.9 Å². The van der Waals surface area contributed by atoms with Gasteiger partial charge in [0.25, 0.3) is 5.91 Å². The Bertz CT molecular complexity index is 896. The maximum atomic E-state index is 12.0. The first-order valence-electron chi connectivity index (χ1n) is 7.66. The average molecular weight is 369 g/mol. The van der Waals surface area contributed by atoms with Crippen molar-refractivity contribution in [1.29, 1.82) is 0 Å². The summed E-state index contributed by atoms with van der Waals surface area (Å²) in [6.45, 7) is 1.74. The van der Waals surface area contributed by atoms with Gasteiger partial charge >= 0.3 is 0 Å².